The summed E-state index contributed by atoms with van der Waals surface area (Å²) >= 11 is 0. The van der Waals surface area contributed by atoms with E-state index in [0.29, 0.717) is 12.2 Å². The molecule has 0 aliphatic carbocycles. The number of halogens is 1. The highest BCUT2D eigenvalue weighted by molar-refractivity contribution is 5.94. The average molecular weight is 367 g/mol. The fourth-order valence-corrected chi connectivity index (χ4v) is 2.49. The van der Waals surface area contributed by atoms with Crippen LogP contribution in [0.2, 0.25) is 0 Å². The lowest BCUT2D eigenvalue weighted by Gasteiger charge is -2.11. The molecule has 1 N–H and O–H groups in total. The number of carbonyl (C=O) groups is 1. The average Bonchev–Trinajstić information content (AvgIpc) is 2.68. The first kappa shape index (κ1) is 18.3. The van der Waals surface area contributed by atoms with Crippen molar-refractivity contribution in [2.75, 3.05) is 7.11 Å². The third-order valence-corrected chi connectivity index (χ3v) is 3.98. The summed E-state index contributed by atoms with van der Waals surface area (Å²) in [6.45, 7) is 2.29. The Hall–Kier alpha value is -3.48. The topological polar surface area (TPSA) is 73.2 Å². The molecule has 1 amide bonds. The number of nitrogens with one attached hydrogen (secondary N) is 1. The standard InChI is InChI=1S/C20H18FN3O3/c1-13-3-5-14(6-4-13)12-22-20(26)19-17(27-2)11-18(25)24(23-19)16-9-7-15(21)8-10-16/h3-11H,12H2,1-2H3,(H,22,26). The SMILES string of the molecule is COc1cc(=O)n(-c2ccc(F)cc2)nc1C(=O)NCc1ccc(C)cc1. The number of aryl methyl sites for hydroxylation is 1. The smallest absolute Gasteiger partial charge is 0.275 e. The molecule has 0 aliphatic heterocycles. The van der Waals surface area contributed by atoms with Crippen LogP contribution in [-0.4, -0.2) is 22.8 Å². The molecule has 3 aromatic rings. The van der Waals surface area contributed by atoms with Gasteiger partial charge in [0.05, 0.1) is 18.9 Å². The summed E-state index contributed by atoms with van der Waals surface area (Å²) in [5.41, 5.74) is 1.87. The number of nitrogens with zero attached hydrogens (tertiary/aromatic N) is 2. The predicted molar refractivity (Wildman–Crippen MR) is 98.7 cm³/mol. The van der Waals surface area contributed by atoms with E-state index in [9.17, 15) is 14.0 Å². The van der Waals surface area contributed by atoms with Gasteiger partial charge in [0.15, 0.2) is 11.4 Å². The Labute approximate surface area is 155 Å². The number of benzene rings is 2. The number of amides is 1. The van der Waals surface area contributed by atoms with Gasteiger partial charge in [-0.15, -0.1) is 0 Å². The largest absolute Gasteiger partial charge is 0.494 e. The van der Waals surface area contributed by atoms with Gasteiger partial charge in [-0.1, -0.05) is 29.8 Å². The van der Waals surface area contributed by atoms with Crippen LogP contribution >= 0.6 is 0 Å². The van der Waals surface area contributed by atoms with E-state index in [2.05, 4.69) is 10.4 Å². The van der Waals surface area contributed by atoms with Gasteiger partial charge >= 0.3 is 0 Å². The van der Waals surface area contributed by atoms with Crippen molar-refractivity contribution in [3.63, 3.8) is 0 Å². The Balaban J connectivity index is 1.89. The first-order chi connectivity index (χ1) is 13.0. The van der Waals surface area contributed by atoms with E-state index < -0.39 is 17.3 Å². The molecule has 0 bridgehead atoms. The lowest BCUT2D eigenvalue weighted by atomic mass is 10.1. The highest BCUT2D eigenvalue weighted by Gasteiger charge is 2.18. The van der Waals surface area contributed by atoms with Crippen LogP contribution in [-0.2, 0) is 6.54 Å². The second kappa shape index (κ2) is 7.82. The maximum Gasteiger partial charge on any atom is 0.275 e. The highest BCUT2D eigenvalue weighted by Crippen LogP contribution is 2.15. The quantitative estimate of drug-likeness (QED) is 0.752. The molecule has 0 saturated heterocycles. The van der Waals surface area contributed by atoms with Gasteiger partial charge in [-0.05, 0) is 36.8 Å². The molecule has 0 unspecified atom stereocenters. The number of aromatic nitrogens is 2. The molecule has 6 nitrogen and oxygen atoms in total. The van der Waals surface area contributed by atoms with Crippen molar-refractivity contribution in [3.8, 4) is 11.4 Å². The molecule has 1 aromatic heterocycles. The van der Waals surface area contributed by atoms with Crippen molar-refractivity contribution < 1.29 is 13.9 Å². The molecule has 2 aromatic carbocycles. The number of rotatable bonds is 5. The molecule has 27 heavy (non-hydrogen) atoms. The molecular weight excluding hydrogens is 349 g/mol. The maximum atomic E-state index is 13.1. The molecule has 0 radical (unpaired) electrons. The van der Waals surface area contributed by atoms with Crippen molar-refractivity contribution in [1.82, 2.24) is 15.1 Å². The number of hydrogen-bond donors (Lipinski definition) is 1. The molecule has 3 rings (SSSR count). The van der Waals surface area contributed by atoms with Crippen LogP contribution in [0.1, 0.15) is 21.6 Å². The second-order valence-electron chi connectivity index (χ2n) is 5.96. The molecule has 138 valence electrons. The zero-order chi connectivity index (χ0) is 19.4. The Morgan fingerprint density at radius 2 is 1.81 bits per heavy atom. The number of ether oxygens (including phenoxy) is 1. The van der Waals surface area contributed by atoms with E-state index >= 15 is 0 Å². The zero-order valence-electron chi connectivity index (χ0n) is 14.9. The highest BCUT2D eigenvalue weighted by atomic mass is 19.1. The van der Waals surface area contributed by atoms with Gasteiger partial charge in [-0.3, -0.25) is 9.59 Å². The van der Waals surface area contributed by atoms with E-state index in [1.807, 2.05) is 31.2 Å². The predicted octanol–water partition coefficient (Wildman–Crippen LogP) is 2.62. The van der Waals surface area contributed by atoms with E-state index in [4.69, 9.17) is 4.74 Å². The summed E-state index contributed by atoms with van der Waals surface area (Å²) in [5.74, 6) is -0.848. The maximum absolute atomic E-state index is 13.1. The molecular formula is C20H18FN3O3. The van der Waals surface area contributed by atoms with Crippen LogP contribution in [0.3, 0.4) is 0 Å². The van der Waals surface area contributed by atoms with Gasteiger partial charge < -0.3 is 10.1 Å². The van der Waals surface area contributed by atoms with E-state index in [-0.39, 0.29) is 11.4 Å². The summed E-state index contributed by atoms with van der Waals surface area (Å²) in [5, 5.41) is 6.87. The number of hydrogen-bond acceptors (Lipinski definition) is 4. The number of carbonyl (C=O) groups excluding carboxylic acids is 1. The first-order valence-corrected chi connectivity index (χ1v) is 8.26. The second-order valence-corrected chi connectivity index (χ2v) is 5.96. The van der Waals surface area contributed by atoms with Gasteiger partial charge in [0.25, 0.3) is 11.5 Å². The third kappa shape index (κ3) is 4.20. The number of methoxy groups -OCH3 is 1. The minimum absolute atomic E-state index is 0.0338. The van der Waals surface area contributed by atoms with Crippen LogP contribution in [0.25, 0.3) is 5.69 Å². The molecule has 0 aliphatic rings. The summed E-state index contributed by atoms with van der Waals surface area (Å²) in [6.07, 6.45) is 0. The van der Waals surface area contributed by atoms with Gasteiger partial charge in [-0.2, -0.15) is 9.78 Å². The molecule has 0 atom stereocenters. The van der Waals surface area contributed by atoms with Crippen LogP contribution in [0, 0.1) is 12.7 Å². The Bertz CT molecular complexity index is 1010. The fourth-order valence-electron chi connectivity index (χ4n) is 2.49. The van der Waals surface area contributed by atoms with Crippen LogP contribution in [0.4, 0.5) is 4.39 Å². The van der Waals surface area contributed by atoms with Crippen molar-refractivity contribution in [1.29, 1.82) is 0 Å². The Morgan fingerprint density at radius 3 is 2.44 bits per heavy atom. The zero-order valence-corrected chi connectivity index (χ0v) is 14.9. The third-order valence-electron chi connectivity index (χ3n) is 3.98. The molecule has 0 spiro atoms. The molecule has 1 heterocycles. The normalized spacial score (nSPS) is 10.5. The van der Waals surface area contributed by atoms with Crippen LogP contribution in [0.15, 0.2) is 59.4 Å². The minimum atomic E-state index is -0.492. The monoisotopic (exact) mass is 367 g/mol. The lowest BCUT2D eigenvalue weighted by molar-refractivity contribution is 0.0940. The summed E-state index contributed by atoms with van der Waals surface area (Å²) in [4.78, 5) is 24.8. The van der Waals surface area contributed by atoms with Crippen molar-refractivity contribution in [2.45, 2.75) is 13.5 Å². The van der Waals surface area contributed by atoms with E-state index in [1.54, 1.807) is 0 Å². The van der Waals surface area contributed by atoms with Crippen LogP contribution in [0.5, 0.6) is 5.75 Å². The van der Waals surface area contributed by atoms with Gasteiger partial charge in [0, 0.05) is 6.54 Å². The van der Waals surface area contributed by atoms with E-state index in [1.165, 1.54) is 37.4 Å². The van der Waals surface area contributed by atoms with Gasteiger partial charge in [-0.25, -0.2) is 4.39 Å². The molecule has 7 heteroatoms. The Kier molecular flexibility index (Phi) is 5.30. The fraction of sp³-hybridized carbons (Fsp3) is 0.150. The van der Waals surface area contributed by atoms with Crippen molar-refractivity contribution >= 4 is 5.91 Å². The Morgan fingerprint density at radius 1 is 1.15 bits per heavy atom. The van der Waals surface area contributed by atoms with Gasteiger partial charge in [0.1, 0.15) is 5.82 Å². The van der Waals surface area contributed by atoms with Crippen molar-refractivity contribution in [3.05, 3.63) is 87.6 Å². The molecule has 0 saturated carbocycles. The van der Waals surface area contributed by atoms with Gasteiger partial charge in [0.2, 0.25) is 0 Å². The van der Waals surface area contributed by atoms with Crippen LogP contribution < -0.4 is 15.6 Å². The first-order valence-electron chi connectivity index (χ1n) is 8.26. The summed E-state index contributed by atoms with van der Waals surface area (Å²) < 4.78 is 19.3. The summed E-state index contributed by atoms with van der Waals surface area (Å²) in [7, 11) is 1.36. The molecule has 0 fully saturated rings. The van der Waals surface area contributed by atoms with Crippen molar-refractivity contribution in [2.24, 2.45) is 0 Å². The minimum Gasteiger partial charge on any atom is -0.494 e. The van der Waals surface area contributed by atoms with E-state index in [0.717, 1.165) is 15.8 Å². The lowest BCUT2D eigenvalue weighted by Crippen LogP contribution is -2.29. The summed E-state index contributed by atoms with van der Waals surface area (Å²) in [6, 6.07) is 14.2.